The summed E-state index contributed by atoms with van der Waals surface area (Å²) in [5, 5.41) is 0.421. The summed E-state index contributed by atoms with van der Waals surface area (Å²) in [6.45, 7) is 1.61. The number of ether oxygens (including phenoxy) is 3. The molecule has 1 aromatic heterocycles. The van der Waals surface area contributed by atoms with Gasteiger partial charge in [0, 0.05) is 36.6 Å². The predicted molar refractivity (Wildman–Crippen MR) is 114 cm³/mol. The molecule has 0 aliphatic carbocycles. The van der Waals surface area contributed by atoms with Gasteiger partial charge in [-0.15, -0.1) is 0 Å². The molecule has 0 spiro atoms. The van der Waals surface area contributed by atoms with Crippen LogP contribution >= 0.6 is 11.5 Å². The number of aromatic nitrogens is 2. The summed E-state index contributed by atoms with van der Waals surface area (Å²) in [6.07, 6.45) is 2.69. The van der Waals surface area contributed by atoms with Gasteiger partial charge in [-0.25, -0.2) is 0 Å². The van der Waals surface area contributed by atoms with Crippen LogP contribution in [0.15, 0.2) is 42.5 Å². The predicted octanol–water partition coefficient (Wildman–Crippen LogP) is 4.17. The first kappa shape index (κ1) is 20.2. The van der Waals surface area contributed by atoms with Crippen LogP contribution in [0.4, 0.5) is 0 Å². The minimum atomic E-state index is 0.0221. The molecule has 30 heavy (non-hydrogen) atoms. The summed E-state index contributed by atoms with van der Waals surface area (Å²) in [7, 11) is 3.20. The second-order valence-electron chi connectivity index (χ2n) is 6.97. The number of benzene rings is 2. The molecule has 0 atom stereocenters. The lowest BCUT2D eigenvalue weighted by Gasteiger charge is -2.16. The topological polar surface area (TPSA) is 73.8 Å². The Labute approximate surface area is 179 Å². The van der Waals surface area contributed by atoms with Gasteiger partial charge >= 0.3 is 0 Å². The Bertz CT molecular complexity index is 1030. The molecular weight excluding hydrogens is 402 g/mol. The Morgan fingerprint density at radius 1 is 1.07 bits per heavy atom. The van der Waals surface area contributed by atoms with Gasteiger partial charge < -0.3 is 19.1 Å². The maximum atomic E-state index is 12.6. The first-order chi connectivity index (χ1) is 14.7. The minimum absolute atomic E-state index is 0.0221. The molecule has 8 heteroatoms. The molecule has 4 rings (SSSR count). The van der Waals surface area contributed by atoms with Crippen LogP contribution in [0, 0.1) is 0 Å². The molecule has 0 bridgehead atoms. The molecule has 1 saturated heterocycles. The molecule has 3 aromatic rings. The van der Waals surface area contributed by atoms with E-state index in [-0.39, 0.29) is 5.91 Å². The number of amides is 1. The third kappa shape index (κ3) is 4.54. The average molecular weight is 426 g/mol. The number of methoxy groups -OCH3 is 2. The zero-order valence-corrected chi connectivity index (χ0v) is 17.8. The van der Waals surface area contributed by atoms with E-state index in [9.17, 15) is 4.79 Å². The smallest absolute Gasteiger partial charge is 0.298 e. The standard InChI is InChI=1S/C22H23N3O4S/c1-27-17-7-5-6-15(12-17)13-20-23-22(30-24-20)29-18-9-8-16(14-19(18)28-2)21(26)25-10-3-4-11-25/h5-9,12,14H,3-4,10-11,13H2,1-2H3. The number of nitrogens with zero attached hydrogens (tertiary/aromatic N) is 3. The highest BCUT2D eigenvalue weighted by atomic mass is 32.1. The Morgan fingerprint density at radius 2 is 1.90 bits per heavy atom. The Hall–Kier alpha value is -3.13. The van der Waals surface area contributed by atoms with E-state index in [4.69, 9.17) is 14.2 Å². The van der Waals surface area contributed by atoms with Gasteiger partial charge in [-0.3, -0.25) is 4.79 Å². The molecule has 0 unspecified atom stereocenters. The number of rotatable bonds is 7. The van der Waals surface area contributed by atoms with Crippen LogP contribution in [-0.4, -0.2) is 47.5 Å². The van der Waals surface area contributed by atoms with Crippen LogP contribution < -0.4 is 14.2 Å². The van der Waals surface area contributed by atoms with Crippen molar-refractivity contribution in [3.63, 3.8) is 0 Å². The molecule has 0 saturated carbocycles. The molecule has 1 amide bonds. The van der Waals surface area contributed by atoms with E-state index in [2.05, 4.69) is 9.36 Å². The molecule has 156 valence electrons. The highest BCUT2D eigenvalue weighted by molar-refractivity contribution is 7.07. The summed E-state index contributed by atoms with van der Waals surface area (Å²) in [5.41, 5.74) is 1.65. The van der Waals surface area contributed by atoms with Gasteiger partial charge in [-0.05, 0) is 48.7 Å². The SMILES string of the molecule is COc1cccc(Cc2nsc(Oc3ccc(C(=O)N4CCCC4)cc3OC)n2)c1. The van der Waals surface area contributed by atoms with Crippen molar-refractivity contribution in [1.29, 1.82) is 0 Å². The largest absolute Gasteiger partial charge is 0.497 e. The second kappa shape index (κ2) is 9.13. The number of carbonyl (C=O) groups excluding carboxylic acids is 1. The average Bonchev–Trinajstić information content (AvgIpc) is 3.46. The Morgan fingerprint density at radius 3 is 2.67 bits per heavy atom. The molecule has 2 heterocycles. The van der Waals surface area contributed by atoms with Crippen molar-refractivity contribution in [1.82, 2.24) is 14.3 Å². The van der Waals surface area contributed by atoms with Crippen molar-refractivity contribution in [3.05, 3.63) is 59.4 Å². The lowest BCUT2D eigenvalue weighted by atomic mass is 10.1. The van der Waals surface area contributed by atoms with Crippen molar-refractivity contribution < 1.29 is 19.0 Å². The van der Waals surface area contributed by atoms with Crippen molar-refractivity contribution in [2.24, 2.45) is 0 Å². The van der Waals surface area contributed by atoms with Crippen LogP contribution in [0.1, 0.15) is 34.6 Å². The fraction of sp³-hybridized carbons (Fsp3) is 0.318. The fourth-order valence-corrected chi connectivity index (χ4v) is 3.96. The molecular formula is C22H23N3O4S. The summed E-state index contributed by atoms with van der Waals surface area (Å²) in [4.78, 5) is 18.9. The third-order valence-electron chi connectivity index (χ3n) is 4.95. The van der Waals surface area contributed by atoms with Gasteiger partial charge in [0.15, 0.2) is 17.3 Å². The van der Waals surface area contributed by atoms with Gasteiger partial charge in [-0.2, -0.15) is 9.36 Å². The van der Waals surface area contributed by atoms with Gasteiger partial charge in [0.25, 0.3) is 11.1 Å². The quantitative estimate of drug-likeness (QED) is 0.566. The number of hydrogen-bond acceptors (Lipinski definition) is 7. The molecule has 0 N–H and O–H groups in total. The molecule has 1 aliphatic heterocycles. The van der Waals surface area contributed by atoms with Crippen molar-refractivity contribution >= 4 is 17.4 Å². The second-order valence-corrected chi connectivity index (χ2v) is 7.69. The van der Waals surface area contributed by atoms with Gasteiger partial charge in [0.2, 0.25) is 0 Å². The van der Waals surface area contributed by atoms with Crippen LogP contribution in [0.2, 0.25) is 0 Å². The van der Waals surface area contributed by atoms with E-state index in [1.54, 1.807) is 32.4 Å². The number of hydrogen-bond donors (Lipinski definition) is 0. The maximum absolute atomic E-state index is 12.6. The molecule has 7 nitrogen and oxygen atoms in total. The summed E-state index contributed by atoms with van der Waals surface area (Å²) >= 11 is 1.18. The van der Waals surface area contributed by atoms with E-state index in [1.807, 2.05) is 29.2 Å². The van der Waals surface area contributed by atoms with Crippen LogP contribution in [-0.2, 0) is 6.42 Å². The van der Waals surface area contributed by atoms with Crippen LogP contribution in [0.25, 0.3) is 0 Å². The lowest BCUT2D eigenvalue weighted by molar-refractivity contribution is 0.0792. The van der Waals surface area contributed by atoms with Crippen molar-refractivity contribution in [2.45, 2.75) is 19.3 Å². The highest BCUT2D eigenvalue weighted by Gasteiger charge is 2.21. The number of likely N-dealkylation sites (tertiary alicyclic amines) is 1. The minimum Gasteiger partial charge on any atom is -0.497 e. The molecule has 1 aliphatic rings. The third-order valence-corrected chi connectivity index (χ3v) is 5.58. The van der Waals surface area contributed by atoms with E-state index in [0.717, 1.165) is 37.2 Å². The zero-order chi connectivity index (χ0) is 20.9. The zero-order valence-electron chi connectivity index (χ0n) is 17.0. The summed E-state index contributed by atoms with van der Waals surface area (Å²) < 4.78 is 21.0. The van der Waals surface area contributed by atoms with E-state index < -0.39 is 0 Å². The Kier molecular flexibility index (Phi) is 6.13. The number of carbonyl (C=O) groups is 1. The van der Waals surface area contributed by atoms with E-state index >= 15 is 0 Å². The highest BCUT2D eigenvalue weighted by Crippen LogP contribution is 2.33. The monoisotopic (exact) mass is 425 g/mol. The molecule has 2 aromatic carbocycles. The van der Waals surface area contributed by atoms with Gasteiger partial charge in [-0.1, -0.05) is 12.1 Å². The lowest BCUT2D eigenvalue weighted by Crippen LogP contribution is -2.27. The van der Waals surface area contributed by atoms with Crippen LogP contribution in [0.3, 0.4) is 0 Å². The molecule has 0 radical (unpaired) electrons. The van der Waals surface area contributed by atoms with Gasteiger partial charge in [0.05, 0.1) is 14.2 Å². The van der Waals surface area contributed by atoms with Gasteiger partial charge in [0.1, 0.15) is 5.75 Å². The summed E-state index contributed by atoms with van der Waals surface area (Å²) in [5.74, 6) is 2.48. The maximum Gasteiger partial charge on any atom is 0.298 e. The van der Waals surface area contributed by atoms with Crippen LogP contribution in [0.5, 0.6) is 22.4 Å². The fourth-order valence-electron chi connectivity index (χ4n) is 3.40. The van der Waals surface area contributed by atoms with Crippen molar-refractivity contribution in [3.8, 4) is 22.4 Å². The normalized spacial score (nSPS) is 13.3. The Balaban J connectivity index is 1.46. The van der Waals surface area contributed by atoms with E-state index in [0.29, 0.717) is 34.5 Å². The first-order valence-corrected chi connectivity index (χ1v) is 10.5. The van der Waals surface area contributed by atoms with Crippen molar-refractivity contribution in [2.75, 3.05) is 27.3 Å². The summed E-state index contributed by atoms with van der Waals surface area (Å²) in [6, 6.07) is 13.0. The van der Waals surface area contributed by atoms with E-state index in [1.165, 1.54) is 11.5 Å². The first-order valence-electron chi connectivity index (χ1n) is 9.77. The molecule has 1 fully saturated rings.